The van der Waals surface area contributed by atoms with E-state index in [0.717, 1.165) is 6.54 Å². The van der Waals surface area contributed by atoms with E-state index < -0.39 is 0 Å². The lowest BCUT2D eigenvalue weighted by atomic mass is 10.0. The van der Waals surface area contributed by atoms with E-state index >= 15 is 0 Å². The van der Waals surface area contributed by atoms with E-state index in [-0.39, 0.29) is 0 Å². The SMILES string of the molecule is CC(C)NC/C=C/C(C)c1ccccc1. The van der Waals surface area contributed by atoms with Crippen LogP contribution in [0, 0.1) is 0 Å². The summed E-state index contributed by atoms with van der Waals surface area (Å²) in [5.41, 5.74) is 1.37. The van der Waals surface area contributed by atoms with Crippen molar-refractivity contribution in [3.63, 3.8) is 0 Å². The summed E-state index contributed by atoms with van der Waals surface area (Å²) in [4.78, 5) is 0. The van der Waals surface area contributed by atoms with E-state index in [9.17, 15) is 0 Å². The van der Waals surface area contributed by atoms with Gasteiger partial charge in [-0.3, -0.25) is 0 Å². The highest BCUT2D eigenvalue weighted by molar-refractivity contribution is 5.22. The second-order valence-corrected chi connectivity index (χ2v) is 4.19. The molecule has 0 saturated heterocycles. The second-order valence-electron chi connectivity index (χ2n) is 4.19. The summed E-state index contributed by atoms with van der Waals surface area (Å²) < 4.78 is 0. The molecule has 1 nitrogen and oxygen atoms in total. The molecule has 0 amide bonds. The zero-order valence-electron chi connectivity index (χ0n) is 9.90. The van der Waals surface area contributed by atoms with Crippen molar-refractivity contribution in [1.82, 2.24) is 5.32 Å². The van der Waals surface area contributed by atoms with Gasteiger partial charge in [-0.15, -0.1) is 0 Å². The first kappa shape index (κ1) is 12.0. The summed E-state index contributed by atoms with van der Waals surface area (Å²) in [6.07, 6.45) is 4.46. The Kier molecular flexibility index (Phi) is 5.13. The molecule has 1 unspecified atom stereocenters. The van der Waals surface area contributed by atoms with Crippen LogP contribution in [0.25, 0.3) is 0 Å². The Balaban J connectivity index is 2.39. The maximum Gasteiger partial charge on any atom is 0.0137 e. The molecule has 0 fully saturated rings. The van der Waals surface area contributed by atoms with Crippen LogP contribution >= 0.6 is 0 Å². The Morgan fingerprint density at radius 2 is 1.80 bits per heavy atom. The first-order valence-corrected chi connectivity index (χ1v) is 5.65. The highest BCUT2D eigenvalue weighted by atomic mass is 14.9. The van der Waals surface area contributed by atoms with Crippen molar-refractivity contribution >= 4 is 0 Å². The van der Waals surface area contributed by atoms with Crippen LogP contribution in [0.5, 0.6) is 0 Å². The first-order chi connectivity index (χ1) is 7.20. The molecule has 0 aliphatic heterocycles. The van der Waals surface area contributed by atoms with Gasteiger partial charge in [0, 0.05) is 12.6 Å². The van der Waals surface area contributed by atoms with Crippen LogP contribution in [0.3, 0.4) is 0 Å². The van der Waals surface area contributed by atoms with Crippen LogP contribution in [0.15, 0.2) is 42.5 Å². The van der Waals surface area contributed by atoms with Gasteiger partial charge in [0.15, 0.2) is 0 Å². The topological polar surface area (TPSA) is 12.0 Å². The van der Waals surface area contributed by atoms with Gasteiger partial charge in [-0.2, -0.15) is 0 Å². The van der Waals surface area contributed by atoms with E-state index in [1.807, 2.05) is 0 Å². The molecule has 0 bridgehead atoms. The third kappa shape index (κ3) is 4.80. The fourth-order valence-electron chi connectivity index (χ4n) is 1.44. The first-order valence-electron chi connectivity index (χ1n) is 5.65. The Hall–Kier alpha value is -1.08. The van der Waals surface area contributed by atoms with Gasteiger partial charge in [-0.1, -0.05) is 63.3 Å². The Labute approximate surface area is 93.2 Å². The molecule has 0 aliphatic carbocycles. The molecule has 0 aromatic heterocycles. The van der Waals surface area contributed by atoms with E-state index in [4.69, 9.17) is 0 Å². The van der Waals surface area contributed by atoms with Gasteiger partial charge in [0.1, 0.15) is 0 Å². The van der Waals surface area contributed by atoms with Crippen LogP contribution < -0.4 is 5.32 Å². The number of nitrogens with one attached hydrogen (secondary N) is 1. The van der Waals surface area contributed by atoms with Gasteiger partial charge in [0.05, 0.1) is 0 Å². The number of hydrogen-bond donors (Lipinski definition) is 1. The van der Waals surface area contributed by atoms with Crippen molar-refractivity contribution in [3.05, 3.63) is 48.0 Å². The molecule has 15 heavy (non-hydrogen) atoms. The normalized spacial score (nSPS) is 13.6. The summed E-state index contributed by atoms with van der Waals surface area (Å²) >= 11 is 0. The van der Waals surface area contributed by atoms with E-state index in [1.54, 1.807) is 0 Å². The van der Waals surface area contributed by atoms with Crippen LogP contribution in [0.1, 0.15) is 32.3 Å². The number of allylic oxidation sites excluding steroid dienone is 1. The molecule has 1 N–H and O–H groups in total. The fraction of sp³-hybridized carbons (Fsp3) is 0.429. The minimum atomic E-state index is 0.500. The Bertz CT molecular complexity index is 287. The average molecular weight is 203 g/mol. The summed E-state index contributed by atoms with van der Waals surface area (Å²) in [5.74, 6) is 0.500. The highest BCUT2D eigenvalue weighted by Crippen LogP contribution is 2.15. The Morgan fingerprint density at radius 1 is 1.13 bits per heavy atom. The van der Waals surface area contributed by atoms with Crippen LogP contribution in [-0.2, 0) is 0 Å². The van der Waals surface area contributed by atoms with Gasteiger partial charge in [-0.25, -0.2) is 0 Å². The molecule has 82 valence electrons. The summed E-state index contributed by atoms with van der Waals surface area (Å²) in [6.45, 7) is 7.50. The average Bonchev–Trinajstić information content (AvgIpc) is 2.25. The van der Waals surface area contributed by atoms with E-state index in [0.29, 0.717) is 12.0 Å². The van der Waals surface area contributed by atoms with Crippen molar-refractivity contribution in [2.75, 3.05) is 6.54 Å². The lowest BCUT2D eigenvalue weighted by Gasteiger charge is -2.07. The molecule has 0 spiro atoms. The molecule has 0 heterocycles. The lowest BCUT2D eigenvalue weighted by Crippen LogP contribution is -2.22. The summed E-state index contributed by atoms with van der Waals surface area (Å²) in [7, 11) is 0. The molecule has 0 aliphatic rings. The number of rotatable bonds is 5. The largest absolute Gasteiger partial charge is 0.311 e. The van der Waals surface area contributed by atoms with E-state index in [2.05, 4.69) is 68.6 Å². The fourth-order valence-corrected chi connectivity index (χ4v) is 1.44. The third-order valence-corrected chi connectivity index (χ3v) is 2.39. The number of hydrogen-bond acceptors (Lipinski definition) is 1. The minimum absolute atomic E-state index is 0.500. The maximum absolute atomic E-state index is 3.37. The van der Waals surface area contributed by atoms with Crippen molar-refractivity contribution in [2.24, 2.45) is 0 Å². The molecule has 0 saturated carbocycles. The van der Waals surface area contributed by atoms with Gasteiger partial charge in [-0.05, 0) is 11.5 Å². The molecule has 1 heteroatoms. The third-order valence-electron chi connectivity index (χ3n) is 2.39. The predicted molar refractivity (Wildman–Crippen MR) is 67.1 cm³/mol. The molecule has 1 rings (SSSR count). The van der Waals surface area contributed by atoms with Crippen molar-refractivity contribution in [1.29, 1.82) is 0 Å². The monoisotopic (exact) mass is 203 g/mol. The van der Waals surface area contributed by atoms with Gasteiger partial charge >= 0.3 is 0 Å². The predicted octanol–water partition coefficient (Wildman–Crippen LogP) is 3.34. The van der Waals surface area contributed by atoms with Crippen molar-refractivity contribution in [3.8, 4) is 0 Å². The van der Waals surface area contributed by atoms with Crippen molar-refractivity contribution in [2.45, 2.75) is 32.7 Å². The van der Waals surface area contributed by atoms with E-state index in [1.165, 1.54) is 5.56 Å². The second kappa shape index (κ2) is 6.41. The van der Waals surface area contributed by atoms with Crippen molar-refractivity contribution < 1.29 is 0 Å². The maximum atomic E-state index is 3.37. The molecular weight excluding hydrogens is 182 g/mol. The summed E-state index contributed by atoms with van der Waals surface area (Å²) in [6, 6.07) is 11.1. The zero-order chi connectivity index (χ0) is 11.1. The molecular formula is C14H21N. The number of benzene rings is 1. The Morgan fingerprint density at radius 3 is 2.40 bits per heavy atom. The zero-order valence-corrected chi connectivity index (χ0v) is 9.90. The molecule has 1 aromatic rings. The van der Waals surface area contributed by atoms with Gasteiger partial charge in [0.25, 0.3) is 0 Å². The van der Waals surface area contributed by atoms with Crippen LogP contribution in [0.2, 0.25) is 0 Å². The highest BCUT2D eigenvalue weighted by Gasteiger charge is 1.98. The molecule has 1 atom stereocenters. The van der Waals surface area contributed by atoms with Crippen LogP contribution in [-0.4, -0.2) is 12.6 Å². The quantitative estimate of drug-likeness (QED) is 0.724. The molecule has 1 aromatic carbocycles. The summed E-state index contributed by atoms with van der Waals surface area (Å²) in [5, 5.41) is 3.37. The smallest absolute Gasteiger partial charge is 0.0137 e. The van der Waals surface area contributed by atoms with Crippen LogP contribution in [0.4, 0.5) is 0 Å². The standard InChI is InChI=1S/C14H21N/c1-12(2)15-11-7-8-13(3)14-9-5-4-6-10-14/h4-10,12-13,15H,11H2,1-3H3/b8-7+. The van der Waals surface area contributed by atoms with Gasteiger partial charge in [0.2, 0.25) is 0 Å². The van der Waals surface area contributed by atoms with Gasteiger partial charge < -0.3 is 5.32 Å². The molecule has 0 radical (unpaired) electrons. The minimum Gasteiger partial charge on any atom is -0.311 e. The lowest BCUT2D eigenvalue weighted by molar-refractivity contribution is 0.631.